The van der Waals surface area contributed by atoms with Crippen molar-refractivity contribution in [2.24, 2.45) is 0 Å². The monoisotopic (exact) mass is 300 g/mol. The summed E-state index contributed by atoms with van der Waals surface area (Å²) in [7, 11) is 0. The third-order valence-corrected chi connectivity index (χ3v) is 2.27. The molecular formula is C10H6FIN2. The molecule has 0 fully saturated rings. The summed E-state index contributed by atoms with van der Waals surface area (Å²) in [6.07, 6.45) is 1.41. The molecule has 2 rings (SSSR count). The lowest BCUT2D eigenvalue weighted by atomic mass is 10.2. The predicted octanol–water partition coefficient (Wildman–Crippen LogP) is 2.89. The van der Waals surface area contributed by atoms with Gasteiger partial charge >= 0.3 is 0 Å². The van der Waals surface area contributed by atoms with E-state index in [1.54, 1.807) is 0 Å². The summed E-state index contributed by atoms with van der Waals surface area (Å²) in [4.78, 5) is 7.71. The fraction of sp³-hybridized carbons (Fsp3) is 0. The van der Waals surface area contributed by atoms with Crippen molar-refractivity contribution in [1.29, 1.82) is 0 Å². The number of rotatable bonds is 1. The molecule has 1 aromatic carbocycles. The summed E-state index contributed by atoms with van der Waals surface area (Å²) in [5, 5.41) is 0. The molecule has 0 amide bonds. The SMILES string of the molecule is Fc1ncc(I)nc1-c1ccccc1. The van der Waals surface area contributed by atoms with Crippen LogP contribution in [0.15, 0.2) is 36.5 Å². The summed E-state index contributed by atoms with van der Waals surface area (Å²) >= 11 is 2.01. The predicted molar refractivity (Wildman–Crippen MR) is 60.1 cm³/mol. The van der Waals surface area contributed by atoms with Gasteiger partial charge in [-0.25, -0.2) is 9.97 Å². The van der Waals surface area contributed by atoms with Crippen LogP contribution in [-0.4, -0.2) is 9.97 Å². The van der Waals surface area contributed by atoms with Gasteiger partial charge in [-0.2, -0.15) is 4.39 Å². The normalized spacial score (nSPS) is 10.1. The number of aromatic nitrogens is 2. The molecule has 0 bridgehead atoms. The number of benzene rings is 1. The van der Waals surface area contributed by atoms with Crippen LogP contribution in [0.1, 0.15) is 0 Å². The summed E-state index contributed by atoms with van der Waals surface area (Å²) in [5.41, 5.74) is 1.05. The van der Waals surface area contributed by atoms with Gasteiger partial charge in [-0.15, -0.1) is 0 Å². The van der Waals surface area contributed by atoms with E-state index in [-0.39, 0.29) is 0 Å². The molecule has 0 saturated heterocycles. The molecule has 0 aliphatic carbocycles. The van der Waals surface area contributed by atoms with Crippen LogP contribution in [0.4, 0.5) is 4.39 Å². The van der Waals surface area contributed by atoms with Gasteiger partial charge < -0.3 is 0 Å². The average molecular weight is 300 g/mol. The summed E-state index contributed by atoms with van der Waals surface area (Å²) < 4.78 is 14.0. The highest BCUT2D eigenvalue weighted by Crippen LogP contribution is 2.19. The molecule has 14 heavy (non-hydrogen) atoms. The van der Waals surface area contributed by atoms with E-state index in [0.29, 0.717) is 9.39 Å². The van der Waals surface area contributed by atoms with E-state index in [0.717, 1.165) is 5.56 Å². The van der Waals surface area contributed by atoms with Gasteiger partial charge in [0.05, 0.1) is 6.20 Å². The molecule has 0 saturated carbocycles. The van der Waals surface area contributed by atoms with Crippen LogP contribution in [-0.2, 0) is 0 Å². The molecule has 0 aliphatic heterocycles. The van der Waals surface area contributed by atoms with Crippen molar-refractivity contribution in [3.63, 3.8) is 0 Å². The molecule has 1 heterocycles. The Balaban J connectivity index is 2.57. The lowest BCUT2D eigenvalue weighted by Crippen LogP contribution is -1.94. The fourth-order valence-corrected chi connectivity index (χ4v) is 1.51. The first-order valence-corrected chi connectivity index (χ1v) is 5.09. The van der Waals surface area contributed by atoms with Crippen LogP contribution in [0.2, 0.25) is 0 Å². The fourth-order valence-electron chi connectivity index (χ4n) is 1.13. The smallest absolute Gasteiger partial charge is 0.235 e. The highest BCUT2D eigenvalue weighted by molar-refractivity contribution is 14.1. The Hall–Kier alpha value is -1.04. The first-order valence-electron chi connectivity index (χ1n) is 4.01. The minimum atomic E-state index is -0.531. The highest BCUT2D eigenvalue weighted by Gasteiger charge is 2.07. The van der Waals surface area contributed by atoms with E-state index in [1.807, 2.05) is 52.9 Å². The van der Waals surface area contributed by atoms with Crippen molar-refractivity contribution in [3.8, 4) is 11.3 Å². The number of hydrogen-bond acceptors (Lipinski definition) is 2. The molecule has 0 unspecified atom stereocenters. The van der Waals surface area contributed by atoms with E-state index in [9.17, 15) is 4.39 Å². The minimum Gasteiger partial charge on any atom is -0.235 e. The van der Waals surface area contributed by atoms with Crippen LogP contribution < -0.4 is 0 Å². The molecule has 1 aromatic heterocycles. The van der Waals surface area contributed by atoms with Crippen LogP contribution in [0, 0.1) is 9.65 Å². The Labute approximate surface area is 94.4 Å². The molecule has 70 valence electrons. The Morgan fingerprint density at radius 2 is 1.86 bits per heavy atom. The first-order chi connectivity index (χ1) is 6.77. The van der Waals surface area contributed by atoms with Crippen molar-refractivity contribution < 1.29 is 4.39 Å². The van der Waals surface area contributed by atoms with Gasteiger partial charge in [0.15, 0.2) is 0 Å². The Kier molecular flexibility index (Phi) is 2.72. The summed E-state index contributed by atoms with van der Waals surface area (Å²) in [6.45, 7) is 0. The van der Waals surface area contributed by atoms with Crippen molar-refractivity contribution >= 4 is 22.6 Å². The molecule has 0 aliphatic rings. The van der Waals surface area contributed by atoms with Crippen LogP contribution >= 0.6 is 22.6 Å². The molecule has 2 aromatic rings. The van der Waals surface area contributed by atoms with Crippen molar-refractivity contribution in [2.75, 3.05) is 0 Å². The zero-order valence-electron chi connectivity index (χ0n) is 7.11. The summed E-state index contributed by atoms with van der Waals surface area (Å²) in [6, 6.07) is 9.18. The maximum atomic E-state index is 13.3. The lowest BCUT2D eigenvalue weighted by Gasteiger charge is -2.01. The van der Waals surface area contributed by atoms with Crippen LogP contribution in [0.25, 0.3) is 11.3 Å². The third-order valence-electron chi connectivity index (χ3n) is 1.75. The molecule has 2 nitrogen and oxygen atoms in total. The van der Waals surface area contributed by atoms with E-state index >= 15 is 0 Å². The quantitative estimate of drug-likeness (QED) is 0.757. The topological polar surface area (TPSA) is 25.8 Å². The second kappa shape index (κ2) is 4.00. The second-order valence-electron chi connectivity index (χ2n) is 2.70. The van der Waals surface area contributed by atoms with Crippen molar-refractivity contribution in [1.82, 2.24) is 9.97 Å². The van der Waals surface area contributed by atoms with E-state index in [2.05, 4.69) is 9.97 Å². The van der Waals surface area contributed by atoms with Gasteiger partial charge in [0.25, 0.3) is 0 Å². The standard InChI is InChI=1S/C10H6FIN2/c11-10-9(14-8(12)6-13-10)7-4-2-1-3-5-7/h1-6H. The van der Waals surface area contributed by atoms with Gasteiger partial charge in [-0.05, 0) is 22.6 Å². The van der Waals surface area contributed by atoms with Gasteiger partial charge in [0, 0.05) is 5.56 Å². The lowest BCUT2D eigenvalue weighted by molar-refractivity contribution is 0.580. The molecule has 0 radical (unpaired) electrons. The molecule has 4 heteroatoms. The molecule has 0 spiro atoms. The maximum Gasteiger partial charge on any atom is 0.239 e. The molecule has 0 N–H and O–H groups in total. The van der Waals surface area contributed by atoms with Crippen molar-refractivity contribution in [3.05, 3.63) is 46.2 Å². The van der Waals surface area contributed by atoms with E-state index in [4.69, 9.17) is 0 Å². The number of halogens is 2. The third kappa shape index (κ3) is 1.89. The zero-order valence-corrected chi connectivity index (χ0v) is 9.27. The van der Waals surface area contributed by atoms with Gasteiger partial charge in [0.1, 0.15) is 9.39 Å². The van der Waals surface area contributed by atoms with Crippen molar-refractivity contribution in [2.45, 2.75) is 0 Å². The average Bonchev–Trinajstić information content (AvgIpc) is 2.23. The Bertz CT molecular complexity index is 445. The highest BCUT2D eigenvalue weighted by atomic mass is 127. The minimum absolute atomic E-state index is 0.303. The van der Waals surface area contributed by atoms with Gasteiger partial charge in [-0.1, -0.05) is 30.3 Å². The van der Waals surface area contributed by atoms with Crippen LogP contribution in [0.3, 0.4) is 0 Å². The summed E-state index contributed by atoms with van der Waals surface area (Å²) in [5.74, 6) is -0.531. The van der Waals surface area contributed by atoms with Gasteiger partial charge in [-0.3, -0.25) is 0 Å². The Morgan fingerprint density at radius 1 is 1.14 bits per heavy atom. The molecule has 0 atom stereocenters. The van der Waals surface area contributed by atoms with E-state index < -0.39 is 5.95 Å². The van der Waals surface area contributed by atoms with Gasteiger partial charge in [0.2, 0.25) is 5.95 Å². The number of hydrogen-bond donors (Lipinski definition) is 0. The zero-order chi connectivity index (χ0) is 9.97. The Morgan fingerprint density at radius 3 is 2.57 bits per heavy atom. The largest absolute Gasteiger partial charge is 0.239 e. The second-order valence-corrected chi connectivity index (χ2v) is 3.80. The first kappa shape index (κ1) is 9.51. The van der Waals surface area contributed by atoms with Crippen LogP contribution in [0.5, 0.6) is 0 Å². The van der Waals surface area contributed by atoms with E-state index in [1.165, 1.54) is 6.20 Å². The molecular weight excluding hydrogens is 294 g/mol. The maximum absolute atomic E-state index is 13.3. The number of nitrogens with zero attached hydrogens (tertiary/aromatic N) is 2.